The molecule has 0 radical (unpaired) electrons. The fraction of sp³-hybridized carbons (Fsp3) is 0.273. The fourth-order valence-electron chi connectivity index (χ4n) is 3.48. The average Bonchev–Trinajstić information content (AvgIpc) is 3.14. The molecule has 0 N–H and O–H groups in total. The molecule has 3 aromatic rings. The van der Waals surface area contributed by atoms with E-state index in [4.69, 9.17) is 4.52 Å². The van der Waals surface area contributed by atoms with Crippen LogP contribution in [0.3, 0.4) is 0 Å². The van der Waals surface area contributed by atoms with E-state index in [1.165, 1.54) is 9.80 Å². The summed E-state index contributed by atoms with van der Waals surface area (Å²) in [6.45, 7) is 6.89. The first-order valence-electron chi connectivity index (χ1n) is 9.49. The van der Waals surface area contributed by atoms with Crippen molar-refractivity contribution >= 4 is 17.5 Å². The number of rotatable bonds is 4. The van der Waals surface area contributed by atoms with Crippen LogP contribution in [0.15, 0.2) is 47.0 Å². The summed E-state index contributed by atoms with van der Waals surface area (Å²) in [4.78, 5) is 32.7. The van der Waals surface area contributed by atoms with E-state index in [1.54, 1.807) is 0 Å². The van der Waals surface area contributed by atoms with E-state index in [-0.39, 0.29) is 6.54 Å². The van der Waals surface area contributed by atoms with Crippen molar-refractivity contribution in [3.8, 4) is 11.4 Å². The van der Waals surface area contributed by atoms with Gasteiger partial charge in [0.15, 0.2) is 0 Å². The maximum absolute atomic E-state index is 12.7. The van der Waals surface area contributed by atoms with Gasteiger partial charge >= 0.3 is 11.8 Å². The Hall–Kier alpha value is -3.48. The third-order valence-electron chi connectivity index (χ3n) is 4.93. The minimum Gasteiger partial charge on any atom is -0.337 e. The molecule has 1 aliphatic rings. The van der Waals surface area contributed by atoms with E-state index in [9.17, 15) is 9.59 Å². The standard InChI is InChI=1S/C22H22N4O3/c1-14-4-6-17(7-5-14)20-23-19(29-24-20)13-25-8-9-26(22(28)21(25)27)18-11-15(2)10-16(3)12-18/h4-7,10-12H,8-9,13H2,1-3H3. The Morgan fingerprint density at radius 2 is 1.59 bits per heavy atom. The summed E-state index contributed by atoms with van der Waals surface area (Å²) in [5, 5.41) is 3.99. The first-order chi connectivity index (χ1) is 13.9. The molecular formula is C22H22N4O3. The maximum atomic E-state index is 12.7. The quantitative estimate of drug-likeness (QED) is 0.640. The van der Waals surface area contributed by atoms with Gasteiger partial charge in [0.1, 0.15) is 6.54 Å². The van der Waals surface area contributed by atoms with Gasteiger partial charge in [-0.05, 0) is 44.0 Å². The highest BCUT2D eigenvalue weighted by molar-refractivity contribution is 6.40. The Kier molecular flexibility index (Phi) is 4.88. The maximum Gasteiger partial charge on any atom is 0.316 e. The minimum atomic E-state index is -0.564. The number of amides is 2. The van der Waals surface area contributed by atoms with Crippen molar-refractivity contribution in [3.63, 3.8) is 0 Å². The van der Waals surface area contributed by atoms with E-state index in [1.807, 2.05) is 63.2 Å². The second-order valence-electron chi connectivity index (χ2n) is 7.41. The molecule has 2 heterocycles. The van der Waals surface area contributed by atoms with Crippen LogP contribution >= 0.6 is 0 Å². The Bertz CT molecular complexity index is 1050. The van der Waals surface area contributed by atoms with E-state index in [0.717, 1.165) is 27.9 Å². The normalized spacial score (nSPS) is 14.6. The van der Waals surface area contributed by atoms with Crippen LogP contribution in [0.5, 0.6) is 0 Å². The van der Waals surface area contributed by atoms with Crippen molar-refractivity contribution in [2.45, 2.75) is 27.3 Å². The zero-order valence-electron chi connectivity index (χ0n) is 16.7. The molecule has 2 aromatic carbocycles. The van der Waals surface area contributed by atoms with Gasteiger partial charge in [-0.15, -0.1) is 0 Å². The lowest BCUT2D eigenvalue weighted by atomic mass is 10.1. The Morgan fingerprint density at radius 3 is 2.28 bits per heavy atom. The highest BCUT2D eigenvalue weighted by Gasteiger charge is 2.34. The van der Waals surface area contributed by atoms with Crippen molar-refractivity contribution in [1.82, 2.24) is 15.0 Å². The first kappa shape index (κ1) is 18.9. The van der Waals surface area contributed by atoms with E-state index < -0.39 is 11.8 Å². The average molecular weight is 390 g/mol. The number of carbonyl (C=O) groups is 2. The van der Waals surface area contributed by atoms with Gasteiger partial charge in [-0.3, -0.25) is 9.59 Å². The summed E-state index contributed by atoms with van der Waals surface area (Å²) < 4.78 is 5.30. The predicted molar refractivity (Wildman–Crippen MR) is 108 cm³/mol. The van der Waals surface area contributed by atoms with Crippen LogP contribution in [0.4, 0.5) is 5.69 Å². The molecule has 1 aliphatic heterocycles. The van der Waals surface area contributed by atoms with Gasteiger partial charge in [-0.1, -0.05) is 41.1 Å². The highest BCUT2D eigenvalue weighted by atomic mass is 16.5. The number of piperazine rings is 1. The Balaban J connectivity index is 1.47. The number of aryl methyl sites for hydroxylation is 3. The molecule has 0 atom stereocenters. The first-order valence-corrected chi connectivity index (χ1v) is 9.49. The molecule has 7 heteroatoms. The molecule has 0 bridgehead atoms. The highest BCUT2D eigenvalue weighted by Crippen LogP contribution is 2.22. The minimum absolute atomic E-state index is 0.115. The van der Waals surface area contributed by atoms with Crippen LogP contribution in [0.1, 0.15) is 22.6 Å². The fourth-order valence-corrected chi connectivity index (χ4v) is 3.48. The van der Waals surface area contributed by atoms with Crippen LogP contribution in [0, 0.1) is 20.8 Å². The van der Waals surface area contributed by atoms with Crippen molar-refractivity contribution < 1.29 is 14.1 Å². The number of anilines is 1. The number of hydrogen-bond acceptors (Lipinski definition) is 5. The molecule has 0 unspecified atom stereocenters. The SMILES string of the molecule is Cc1ccc(-c2noc(CN3CCN(c4cc(C)cc(C)c4)C(=O)C3=O)n2)cc1. The molecule has 1 saturated heterocycles. The van der Waals surface area contributed by atoms with Gasteiger partial charge in [0, 0.05) is 24.3 Å². The molecule has 1 aromatic heterocycles. The van der Waals surface area contributed by atoms with E-state index in [0.29, 0.717) is 24.8 Å². The topological polar surface area (TPSA) is 79.5 Å². The summed E-state index contributed by atoms with van der Waals surface area (Å²) in [5.74, 6) is -0.334. The number of benzene rings is 2. The van der Waals surface area contributed by atoms with Crippen molar-refractivity contribution in [3.05, 3.63) is 65.0 Å². The molecule has 148 valence electrons. The smallest absolute Gasteiger partial charge is 0.316 e. The van der Waals surface area contributed by atoms with Crippen LogP contribution in [-0.2, 0) is 16.1 Å². The molecule has 0 spiro atoms. The number of aromatic nitrogens is 2. The number of nitrogens with zero attached hydrogens (tertiary/aromatic N) is 4. The third kappa shape index (κ3) is 3.89. The molecule has 4 rings (SSSR count). The largest absolute Gasteiger partial charge is 0.337 e. The van der Waals surface area contributed by atoms with Gasteiger partial charge in [-0.2, -0.15) is 4.98 Å². The summed E-state index contributed by atoms with van der Waals surface area (Å²) in [6.07, 6.45) is 0. The third-order valence-corrected chi connectivity index (χ3v) is 4.93. The lowest BCUT2D eigenvalue weighted by Crippen LogP contribution is -2.54. The second kappa shape index (κ2) is 7.50. The lowest BCUT2D eigenvalue weighted by molar-refractivity contribution is -0.146. The van der Waals surface area contributed by atoms with Crippen LogP contribution in [-0.4, -0.2) is 39.9 Å². The van der Waals surface area contributed by atoms with Gasteiger partial charge < -0.3 is 14.3 Å². The van der Waals surface area contributed by atoms with E-state index >= 15 is 0 Å². The van der Waals surface area contributed by atoms with Crippen LogP contribution in [0.2, 0.25) is 0 Å². The summed E-state index contributed by atoms with van der Waals surface area (Å²) >= 11 is 0. The summed E-state index contributed by atoms with van der Waals surface area (Å²) in [5.41, 5.74) is 4.84. The van der Waals surface area contributed by atoms with Gasteiger partial charge in [0.25, 0.3) is 0 Å². The summed E-state index contributed by atoms with van der Waals surface area (Å²) in [7, 11) is 0. The van der Waals surface area contributed by atoms with Crippen molar-refractivity contribution in [2.24, 2.45) is 0 Å². The van der Waals surface area contributed by atoms with Gasteiger partial charge in [0.05, 0.1) is 0 Å². The molecule has 2 amide bonds. The van der Waals surface area contributed by atoms with Crippen molar-refractivity contribution in [2.75, 3.05) is 18.0 Å². The van der Waals surface area contributed by atoms with Crippen molar-refractivity contribution in [1.29, 1.82) is 0 Å². The number of carbonyl (C=O) groups excluding carboxylic acids is 2. The zero-order valence-corrected chi connectivity index (χ0v) is 16.7. The Labute approximate surface area is 168 Å². The number of hydrogen-bond donors (Lipinski definition) is 0. The molecule has 29 heavy (non-hydrogen) atoms. The lowest BCUT2D eigenvalue weighted by Gasteiger charge is -2.33. The molecule has 0 aliphatic carbocycles. The second-order valence-corrected chi connectivity index (χ2v) is 7.41. The summed E-state index contributed by atoms with van der Waals surface area (Å²) in [6, 6.07) is 13.6. The molecular weight excluding hydrogens is 368 g/mol. The predicted octanol–water partition coefficient (Wildman–Crippen LogP) is 3.04. The molecule has 7 nitrogen and oxygen atoms in total. The molecule has 1 fully saturated rings. The monoisotopic (exact) mass is 390 g/mol. The van der Waals surface area contributed by atoms with Gasteiger partial charge in [-0.25, -0.2) is 0 Å². The van der Waals surface area contributed by atoms with E-state index in [2.05, 4.69) is 10.1 Å². The Morgan fingerprint density at radius 1 is 0.897 bits per heavy atom. The zero-order chi connectivity index (χ0) is 20.5. The van der Waals surface area contributed by atoms with Gasteiger partial charge in [0.2, 0.25) is 11.7 Å². The molecule has 0 saturated carbocycles. The van der Waals surface area contributed by atoms with Crippen LogP contribution in [0.25, 0.3) is 11.4 Å². The van der Waals surface area contributed by atoms with Crippen LogP contribution < -0.4 is 4.90 Å².